The third-order valence-corrected chi connectivity index (χ3v) is 4.86. The van der Waals surface area contributed by atoms with Gasteiger partial charge in [-0.25, -0.2) is 0 Å². The molecule has 3 nitrogen and oxygen atoms in total. The van der Waals surface area contributed by atoms with E-state index < -0.39 is 6.10 Å². The summed E-state index contributed by atoms with van der Waals surface area (Å²) in [4.78, 5) is 4.32. The van der Waals surface area contributed by atoms with Crippen LogP contribution in [-0.2, 0) is 6.42 Å². The Morgan fingerprint density at radius 3 is 2.75 bits per heavy atom. The third kappa shape index (κ3) is 2.66. The summed E-state index contributed by atoms with van der Waals surface area (Å²) >= 11 is 6.62. The van der Waals surface area contributed by atoms with E-state index in [-0.39, 0.29) is 0 Å². The smallest absolute Gasteiger partial charge is 0.183 e. The molecule has 0 aliphatic rings. The molecule has 0 aliphatic heterocycles. The number of halogens is 2. The summed E-state index contributed by atoms with van der Waals surface area (Å²) in [5.74, 6) is 0.532. The number of aromatic nitrogens is 1. The van der Waals surface area contributed by atoms with E-state index in [1.54, 1.807) is 12.3 Å². The minimum atomic E-state index is -0.691. The van der Waals surface area contributed by atoms with Crippen LogP contribution >= 0.6 is 31.9 Å². The van der Waals surface area contributed by atoms with Crippen molar-refractivity contribution < 1.29 is 9.52 Å². The number of aliphatic hydroxyl groups is 1. The summed E-state index contributed by atoms with van der Waals surface area (Å²) in [6, 6.07) is 11.6. The fourth-order valence-electron chi connectivity index (χ4n) is 2.17. The van der Waals surface area contributed by atoms with Crippen LogP contribution in [0.3, 0.4) is 0 Å². The summed E-state index contributed by atoms with van der Waals surface area (Å²) in [6.07, 6.45) is 1.55. The molecule has 0 radical (unpaired) electrons. The van der Waals surface area contributed by atoms with Crippen molar-refractivity contribution in [3.63, 3.8) is 0 Å². The fourth-order valence-corrected chi connectivity index (χ4v) is 2.78. The second-order valence-electron chi connectivity index (χ2n) is 4.48. The lowest BCUT2D eigenvalue weighted by Crippen LogP contribution is -2.01. The van der Waals surface area contributed by atoms with E-state index in [4.69, 9.17) is 4.42 Å². The summed E-state index contributed by atoms with van der Waals surface area (Å²) < 4.78 is 6.85. The lowest BCUT2D eigenvalue weighted by Gasteiger charge is -2.10. The van der Waals surface area contributed by atoms with Gasteiger partial charge >= 0.3 is 0 Å². The topological polar surface area (TPSA) is 46.3 Å². The Kier molecular flexibility index (Phi) is 3.92. The normalized spacial score (nSPS) is 12.8. The molecule has 1 unspecified atom stereocenters. The van der Waals surface area contributed by atoms with Crippen LogP contribution in [0.4, 0.5) is 0 Å². The van der Waals surface area contributed by atoms with Crippen LogP contribution in [0.15, 0.2) is 56.2 Å². The Hall–Kier alpha value is -1.17. The molecule has 0 bridgehead atoms. The van der Waals surface area contributed by atoms with Gasteiger partial charge in [0.15, 0.2) is 4.67 Å². The predicted molar refractivity (Wildman–Crippen MR) is 84.5 cm³/mol. The van der Waals surface area contributed by atoms with Gasteiger partial charge in [-0.15, -0.1) is 0 Å². The average molecular weight is 397 g/mol. The van der Waals surface area contributed by atoms with Crippen LogP contribution in [0.1, 0.15) is 17.4 Å². The molecule has 3 rings (SSSR count). The molecule has 0 spiro atoms. The Balaban J connectivity index is 1.93. The second-order valence-corrected chi connectivity index (χ2v) is 6.05. The first kappa shape index (κ1) is 13.8. The molecule has 3 aromatic rings. The zero-order valence-electron chi connectivity index (χ0n) is 10.4. The predicted octanol–water partition coefficient (Wildman–Crippen LogP) is 4.63. The third-order valence-electron chi connectivity index (χ3n) is 3.15. The Bertz CT molecular complexity index is 730. The summed E-state index contributed by atoms with van der Waals surface area (Å²) in [5, 5.41) is 11.4. The fraction of sp³-hybridized carbons (Fsp3) is 0.133. The number of pyridine rings is 1. The molecule has 20 heavy (non-hydrogen) atoms. The maximum Gasteiger partial charge on any atom is 0.183 e. The van der Waals surface area contributed by atoms with Crippen molar-refractivity contribution in [2.45, 2.75) is 12.5 Å². The highest BCUT2D eigenvalue weighted by molar-refractivity contribution is 9.13. The van der Waals surface area contributed by atoms with Gasteiger partial charge in [-0.1, -0.05) is 18.2 Å². The van der Waals surface area contributed by atoms with Crippen molar-refractivity contribution in [1.29, 1.82) is 0 Å². The van der Waals surface area contributed by atoms with Crippen LogP contribution in [0.5, 0.6) is 0 Å². The molecule has 0 fully saturated rings. The highest BCUT2D eigenvalue weighted by Gasteiger charge is 2.16. The zero-order chi connectivity index (χ0) is 14.1. The molecule has 0 aliphatic carbocycles. The molecule has 102 valence electrons. The minimum Gasteiger partial charge on any atom is -0.450 e. The molecule has 2 aromatic heterocycles. The zero-order valence-corrected chi connectivity index (χ0v) is 13.6. The van der Waals surface area contributed by atoms with Gasteiger partial charge in [-0.2, -0.15) is 0 Å². The summed E-state index contributed by atoms with van der Waals surface area (Å²) in [6.45, 7) is 0. The van der Waals surface area contributed by atoms with Crippen LogP contribution in [0, 0.1) is 0 Å². The van der Waals surface area contributed by atoms with E-state index in [0.29, 0.717) is 16.9 Å². The van der Waals surface area contributed by atoms with Gasteiger partial charge < -0.3 is 9.52 Å². The monoisotopic (exact) mass is 395 g/mol. The number of hydrogen-bond acceptors (Lipinski definition) is 3. The molecule has 1 N–H and O–H groups in total. The number of nitrogens with zero attached hydrogens (tertiary/aromatic N) is 1. The number of fused-ring (bicyclic) bond motifs is 1. The number of furan rings is 1. The highest BCUT2D eigenvalue weighted by atomic mass is 79.9. The number of hydrogen-bond donors (Lipinski definition) is 1. The molecular formula is C15H11Br2NO2. The van der Waals surface area contributed by atoms with Gasteiger partial charge in [0.1, 0.15) is 11.9 Å². The first-order chi connectivity index (χ1) is 9.65. The SMILES string of the molecule is OC(Cc1ccnc2ccccc12)c1cc(Br)c(Br)o1. The number of rotatable bonds is 3. The van der Waals surface area contributed by atoms with Gasteiger partial charge in [0, 0.05) is 18.0 Å². The van der Waals surface area contributed by atoms with Gasteiger partial charge in [0.05, 0.1) is 9.99 Å². The average Bonchev–Trinajstić information content (AvgIpc) is 2.79. The van der Waals surface area contributed by atoms with Crippen LogP contribution in [0.25, 0.3) is 10.9 Å². The van der Waals surface area contributed by atoms with Crippen LogP contribution in [-0.4, -0.2) is 10.1 Å². The first-order valence-electron chi connectivity index (χ1n) is 6.10. The number of para-hydroxylation sites is 1. The van der Waals surface area contributed by atoms with Crippen molar-refractivity contribution in [2.24, 2.45) is 0 Å². The van der Waals surface area contributed by atoms with E-state index in [2.05, 4.69) is 36.8 Å². The molecule has 1 atom stereocenters. The van der Waals surface area contributed by atoms with Crippen molar-refractivity contribution >= 4 is 42.8 Å². The van der Waals surface area contributed by atoms with Crippen LogP contribution < -0.4 is 0 Å². The van der Waals surface area contributed by atoms with Gasteiger partial charge in [-0.3, -0.25) is 4.98 Å². The Morgan fingerprint density at radius 1 is 1.20 bits per heavy atom. The Labute approximate surface area is 132 Å². The number of benzene rings is 1. The van der Waals surface area contributed by atoms with Gasteiger partial charge in [0.25, 0.3) is 0 Å². The van der Waals surface area contributed by atoms with E-state index in [1.165, 1.54) is 0 Å². The van der Waals surface area contributed by atoms with Crippen molar-refractivity contribution in [3.05, 3.63) is 63.1 Å². The van der Waals surface area contributed by atoms with E-state index in [9.17, 15) is 5.11 Å². The first-order valence-corrected chi connectivity index (χ1v) is 7.69. The highest BCUT2D eigenvalue weighted by Crippen LogP contribution is 2.32. The van der Waals surface area contributed by atoms with Crippen molar-refractivity contribution in [3.8, 4) is 0 Å². The molecule has 0 saturated heterocycles. The molecule has 1 aromatic carbocycles. The standard InChI is InChI=1S/C15H11Br2NO2/c16-11-8-14(20-15(11)17)13(19)7-9-5-6-18-12-4-2-1-3-10(9)12/h1-6,8,13,19H,7H2. The van der Waals surface area contributed by atoms with E-state index >= 15 is 0 Å². The number of aliphatic hydroxyl groups excluding tert-OH is 1. The largest absolute Gasteiger partial charge is 0.450 e. The molecule has 0 saturated carbocycles. The quantitative estimate of drug-likeness (QED) is 0.701. The van der Waals surface area contributed by atoms with Crippen molar-refractivity contribution in [2.75, 3.05) is 0 Å². The van der Waals surface area contributed by atoms with Gasteiger partial charge in [-0.05, 0) is 55.6 Å². The van der Waals surface area contributed by atoms with Crippen molar-refractivity contribution in [1.82, 2.24) is 4.98 Å². The Morgan fingerprint density at radius 2 is 2.00 bits per heavy atom. The molecule has 2 heterocycles. The van der Waals surface area contributed by atoms with E-state index in [1.807, 2.05) is 30.3 Å². The van der Waals surface area contributed by atoms with Gasteiger partial charge in [0.2, 0.25) is 0 Å². The second kappa shape index (κ2) is 5.68. The lowest BCUT2D eigenvalue weighted by molar-refractivity contribution is 0.149. The maximum atomic E-state index is 10.3. The minimum absolute atomic E-state index is 0.482. The van der Waals surface area contributed by atoms with Crippen LogP contribution in [0.2, 0.25) is 0 Å². The summed E-state index contributed by atoms with van der Waals surface area (Å²) in [7, 11) is 0. The molecule has 5 heteroatoms. The summed E-state index contributed by atoms with van der Waals surface area (Å²) in [5.41, 5.74) is 1.98. The molecule has 0 amide bonds. The molecular weight excluding hydrogens is 386 g/mol. The van der Waals surface area contributed by atoms with E-state index in [0.717, 1.165) is 20.9 Å². The maximum absolute atomic E-state index is 10.3. The lowest BCUT2D eigenvalue weighted by atomic mass is 10.0.